The van der Waals surface area contributed by atoms with E-state index < -0.39 is 12.1 Å². The van der Waals surface area contributed by atoms with Gasteiger partial charge in [-0.25, -0.2) is 14.5 Å². The Morgan fingerprint density at radius 3 is 2.42 bits per heavy atom. The van der Waals surface area contributed by atoms with Crippen molar-refractivity contribution in [2.24, 2.45) is 0 Å². The molecule has 4 aromatic rings. The van der Waals surface area contributed by atoms with Crippen LogP contribution in [-0.4, -0.2) is 63.3 Å². The van der Waals surface area contributed by atoms with Gasteiger partial charge in [-0.05, 0) is 35.9 Å². The topological polar surface area (TPSA) is 113 Å². The third-order valence-corrected chi connectivity index (χ3v) is 5.90. The fourth-order valence-electron chi connectivity index (χ4n) is 3.88. The van der Waals surface area contributed by atoms with Crippen LogP contribution in [0.25, 0.3) is 27.7 Å². The highest BCUT2D eigenvalue weighted by Gasteiger charge is 2.38. The molecule has 1 aliphatic rings. The van der Waals surface area contributed by atoms with Crippen molar-refractivity contribution in [1.82, 2.24) is 19.7 Å². The van der Waals surface area contributed by atoms with Crippen LogP contribution in [0.15, 0.2) is 59.7 Å². The van der Waals surface area contributed by atoms with Crippen molar-refractivity contribution >= 4 is 22.6 Å². The maximum absolute atomic E-state index is 12.6. The van der Waals surface area contributed by atoms with Gasteiger partial charge in [-0.3, -0.25) is 4.79 Å². The summed E-state index contributed by atoms with van der Waals surface area (Å²) >= 11 is 0. The van der Waals surface area contributed by atoms with E-state index in [0.29, 0.717) is 16.7 Å². The molecule has 0 radical (unpaired) electrons. The molecule has 12 heteroatoms. The highest BCUT2D eigenvalue weighted by atomic mass is 19.4. The molecule has 9 nitrogen and oxygen atoms in total. The van der Waals surface area contributed by atoms with E-state index in [0.717, 1.165) is 43.1 Å². The Bertz CT molecular complexity index is 1490. The second-order valence-corrected chi connectivity index (χ2v) is 8.93. The second-order valence-electron chi connectivity index (χ2n) is 8.93. The van der Waals surface area contributed by atoms with Crippen molar-refractivity contribution in [3.8, 4) is 16.8 Å². The quantitative estimate of drug-likeness (QED) is 0.404. The Hall–Kier alpha value is -4.19. The number of aromatic nitrogens is 4. The van der Waals surface area contributed by atoms with Crippen molar-refractivity contribution in [3.63, 3.8) is 0 Å². The van der Waals surface area contributed by atoms with Crippen molar-refractivity contribution in [1.29, 1.82) is 0 Å². The van der Waals surface area contributed by atoms with Crippen molar-refractivity contribution < 1.29 is 27.8 Å². The molecule has 0 aliphatic carbocycles. The van der Waals surface area contributed by atoms with E-state index in [1.807, 2.05) is 55.2 Å². The van der Waals surface area contributed by atoms with E-state index in [1.165, 1.54) is 5.69 Å². The molecule has 1 aliphatic heterocycles. The van der Waals surface area contributed by atoms with Gasteiger partial charge in [-0.1, -0.05) is 26.0 Å². The first-order chi connectivity index (χ1) is 18.0. The number of carboxylic acid groups (broad SMARTS) is 1. The molecule has 0 unspecified atom stereocenters. The monoisotopic (exact) mass is 529 g/mol. The molecule has 0 spiro atoms. The Balaban J connectivity index is 0.000000426. The van der Waals surface area contributed by atoms with Crippen LogP contribution in [0.2, 0.25) is 0 Å². The van der Waals surface area contributed by atoms with Gasteiger partial charge in [0.2, 0.25) is 0 Å². The Morgan fingerprint density at radius 2 is 1.76 bits per heavy atom. The van der Waals surface area contributed by atoms with Crippen LogP contribution in [-0.2, 0) is 9.53 Å². The Morgan fingerprint density at radius 1 is 1.08 bits per heavy atom. The molecule has 0 amide bonds. The molecule has 200 valence electrons. The highest BCUT2D eigenvalue weighted by molar-refractivity contribution is 5.83. The molecule has 0 saturated carbocycles. The number of H-pyrrole nitrogens is 1. The lowest BCUT2D eigenvalue weighted by Gasteiger charge is -2.29. The number of hydrogen-bond donors (Lipinski definition) is 2. The Labute approximate surface area is 215 Å². The van der Waals surface area contributed by atoms with E-state index in [9.17, 15) is 18.0 Å². The number of morpholine rings is 1. The van der Waals surface area contributed by atoms with E-state index in [2.05, 4.69) is 38.2 Å². The van der Waals surface area contributed by atoms with E-state index >= 15 is 0 Å². The minimum Gasteiger partial charge on any atom is -0.475 e. The molecule has 0 atom stereocenters. The van der Waals surface area contributed by atoms with Gasteiger partial charge in [0, 0.05) is 36.5 Å². The summed E-state index contributed by atoms with van der Waals surface area (Å²) in [6.07, 6.45) is -1.27. The summed E-state index contributed by atoms with van der Waals surface area (Å²) in [5.41, 5.74) is 4.65. The zero-order valence-corrected chi connectivity index (χ0v) is 20.7. The van der Waals surface area contributed by atoms with Gasteiger partial charge in [-0.2, -0.15) is 18.3 Å². The highest BCUT2D eigenvalue weighted by Crippen LogP contribution is 2.25. The number of alkyl halides is 3. The molecule has 38 heavy (non-hydrogen) atoms. The maximum Gasteiger partial charge on any atom is 0.490 e. The summed E-state index contributed by atoms with van der Waals surface area (Å²) < 4.78 is 39.1. The number of fused-ring (bicyclic) bond motifs is 1. The lowest BCUT2D eigenvalue weighted by Crippen LogP contribution is -2.36. The largest absolute Gasteiger partial charge is 0.490 e. The standard InChI is InChI=1S/C24H25N5O2.C2HF3O2/c1-16(2)23-26-22-7-6-17(12-21(22)24(30)27-23)18-14-25-29(15-18)20-5-3-4-19(13-20)28-8-10-31-11-9-28;3-2(4,5)1(6)7/h3-7,12-16H,8-11H2,1-2H3,(H,26,27,30);(H,6,7). The van der Waals surface area contributed by atoms with Gasteiger partial charge in [0.25, 0.3) is 5.56 Å². The number of ether oxygens (including phenoxy) is 1. The average Bonchev–Trinajstić information content (AvgIpc) is 3.39. The van der Waals surface area contributed by atoms with Gasteiger partial charge in [-0.15, -0.1) is 0 Å². The minimum absolute atomic E-state index is 0.110. The lowest BCUT2D eigenvalue weighted by molar-refractivity contribution is -0.192. The number of aliphatic carboxylic acids is 1. The van der Waals surface area contributed by atoms with Crippen LogP contribution in [0, 0.1) is 0 Å². The van der Waals surface area contributed by atoms with Crippen LogP contribution < -0.4 is 10.5 Å². The predicted octanol–water partition coefficient (Wildman–Crippen LogP) is 4.37. The number of aromatic amines is 1. The minimum atomic E-state index is -5.08. The molecule has 2 N–H and O–H groups in total. The number of benzene rings is 2. The lowest BCUT2D eigenvalue weighted by atomic mass is 10.1. The number of nitrogens with zero attached hydrogens (tertiary/aromatic N) is 4. The molecule has 5 rings (SSSR count). The van der Waals surface area contributed by atoms with E-state index in [4.69, 9.17) is 14.6 Å². The number of nitrogens with one attached hydrogen (secondary N) is 1. The van der Waals surface area contributed by atoms with Crippen molar-refractivity contribution in [2.75, 3.05) is 31.2 Å². The summed E-state index contributed by atoms with van der Waals surface area (Å²) in [4.78, 5) is 31.3. The van der Waals surface area contributed by atoms with Crippen molar-refractivity contribution in [2.45, 2.75) is 25.9 Å². The van der Waals surface area contributed by atoms with Gasteiger partial charge in [0.15, 0.2) is 0 Å². The predicted molar refractivity (Wildman–Crippen MR) is 136 cm³/mol. The van der Waals surface area contributed by atoms with Crippen LogP contribution in [0.1, 0.15) is 25.6 Å². The fraction of sp³-hybridized carbons (Fsp3) is 0.308. The first-order valence-corrected chi connectivity index (χ1v) is 11.8. The number of rotatable bonds is 4. The number of anilines is 1. The normalized spacial score (nSPS) is 13.9. The zero-order chi connectivity index (χ0) is 27.4. The Kier molecular flexibility index (Phi) is 7.81. The van der Waals surface area contributed by atoms with Crippen LogP contribution >= 0.6 is 0 Å². The number of carboxylic acids is 1. The van der Waals surface area contributed by atoms with E-state index in [1.54, 1.807) is 0 Å². The molecular formula is C26H26F3N5O4. The molecule has 2 aromatic heterocycles. The third-order valence-electron chi connectivity index (χ3n) is 5.90. The molecule has 3 heterocycles. The first-order valence-electron chi connectivity index (χ1n) is 11.8. The van der Waals surface area contributed by atoms with Crippen LogP contribution in [0.4, 0.5) is 18.9 Å². The number of hydrogen-bond acceptors (Lipinski definition) is 6. The zero-order valence-electron chi connectivity index (χ0n) is 20.7. The van der Waals surface area contributed by atoms with Gasteiger partial charge >= 0.3 is 12.1 Å². The third kappa shape index (κ3) is 6.20. The smallest absolute Gasteiger partial charge is 0.475 e. The number of carbonyl (C=O) groups is 1. The van der Waals surface area contributed by atoms with Crippen LogP contribution in [0.3, 0.4) is 0 Å². The SMILES string of the molecule is CC(C)c1nc2ccc(-c3cnn(-c4cccc(N5CCOCC5)c4)c3)cc2c(=O)[nH]1.O=C(O)C(F)(F)F. The molecular weight excluding hydrogens is 503 g/mol. The molecule has 1 fully saturated rings. The van der Waals surface area contributed by atoms with E-state index in [-0.39, 0.29) is 11.5 Å². The van der Waals surface area contributed by atoms with Gasteiger partial charge < -0.3 is 19.7 Å². The number of halogens is 3. The fourth-order valence-corrected chi connectivity index (χ4v) is 3.88. The molecule has 1 saturated heterocycles. The van der Waals surface area contributed by atoms with Gasteiger partial charge in [0.1, 0.15) is 5.82 Å². The maximum atomic E-state index is 12.6. The summed E-state index contributed by atoms with van der Waals surface area (Å²) in [6.45, 7) is 7.33. The summed E-state index contributed by atoms with van der Waals surface area (Å²) in [5.74, 6) is -1.88. The van der Waals surface area contributed by atoms with Crippen LogP contribution in [0.5, 0.6) is 0 Å². The summed E-state index contributed by atoms with van der Waals surface area (Å²) in [5, 5.41) is 12.3. The van der Waals surface area contributed by atoms with Crippen molar-refractivity contribution in [3.05, 3.63) is 71.0 Å². The molecule has 2 aromatic carbocycles. The summed E-state index contributed by atoms with van der Waals surface area (Å²) in [6, 6.07) is 14.1. The summed E-state index contributed by atoms with van der Waals surface area (Å²) in [7, 11) is 0. The first kappa shape index (κ1) is 26.9. The molecule has 0 bridgehead atoms. The van der Waals surface area contributed by atoms with Gasteiger partial charge in [0.05, 0.1) is 36.0 Å². The second kappa shape index (κ2) is 11.1. The average molecular weight is 530 g/mol.